The van der Waals surface area contributed by atoms with Gasteiger partial charge in [0.1, 0.15) is 0 Å². The molecule has 0 aliphatic carbocycles. The second-order valence-electron chi connectivity index (χ2n) is 5.84. The van der Waals surface area contributed by atoms with Crippen LogP contribution in [0.5, 0.6) is 0 Å². The van der Waals surface area contributed by atoms with Crippen molar-refractivity contribution in [3.63, 3.8) is 0 Å². The van der Waals surface area contributed by atoms with Crippen molar-refractivity contribution < 1.29 is 4.74 Å². The van der Waals surface area contributed by atoms with Crippen molar-refractivity contribution in [2.24, 2.45) is 11.7 Å². The van der Waals surface area contributed by atoms with E-state index in [1.54, 1.807) is 0 Å². The molecule has 3 rings (SSSR count). The summed E-state index contributed by atoms with van der Waals surface area (Å²) in [5.74, 6) is 0.382. The highest BCUT2D eigenvalue weighted by molar-refractivity contribution is 5.23. The van der Waals surface area contributed by atoms with E-state index in [4.69, 9.17) is 10.5 Å². The van der Waals surface area contributed by atoms with Gasteiger partial charge in [0.05, 0.1) is 12.2 Å². The predicted octanol–water partition coefficient (Wildman–Crippen LogP) is 4.24. The molecule has 0 amide bonds. The first-order chi connectivity index (χ1) is 10.3. The average Bonchev–Trinajstić information content (AvgIpc) is 2.55. The van der Waals surface area contributed by atoms with Crippen molar-refractivity contribution in [2.45, 2.75) is 38.0 Å². The van der Waals surface area contributed by atoms with Crippen molar-refractivity contribution >= 4 is 0 Å². The van der Waals surface area contributed by atoms with Crippen LogP contribution < -0.4 is 5.73 Å². The summed E-state index contributed by atoms with van der Waals surface area (Å²) in [5, 5.41) is 0. The fourth-order valence-corrected chi connectivity index (χ4v) is 3.35. The largest absolute Gasteiger partial charge is 0.365 e. The third-order valence-electron chi connectivity index (χ3n) is 4.51. The number of nitrogens with two attached hydrogens (primary N) is 1. The first-order valence-corrected chi connectivity index (χ1v) is 7.80. The summed E-state index contributed by atoms with van der Waals surface area (Å²) in [6.45, 7) is 2.20. The van der Waals surface area contributed by atoms with Gasteiger partial charge in [-0.3, -0.25) is 0 Å². The van der Waals surface area contributed by atoms with Crippen LogP contribution in [0, 0.1) is 5.92 Å². The van der Waals surface area contributed by atoms with Crippen LogP contribution in [0.3, 0.4) is 0 Å². The SMILES string of the molecule is CC[C@@H]1[C@H](N)C[C@@H](c2ccccc2)O[C@H]1c1ccccc1. The molecule has 0 unspecified atom stereocenters. The molecule has 2 aromatic rings. The molecule has 2 heteroatoms. The topological polar surface area (TPSA) is 35.2 Å². The second-order valence-corrected chi connectivity index (χ2v) is 5.84. The van der Waals surface area contributed by atoms with Gasteiger partial charge in [0.25, 0.3) is 0 Å². The summed E-state index contributed by atoms with van der Waals surface area (Å²) in [5.41, 5.74) is 8.93. The molecule has 1 heterocycles. The van der Waals surface area contributed by atoms with Gasteiger partial charge in [-0.2, -0.15) is 0 Å². The van der Waals surface area contributed by atoms with Crippen LogP contribution in [0.1, 0.15) is 43.1 Å². The molecule has 21 heavy (non-hydrogen) atoms. The van der Waals surface area contributed by atoms with Gasteiger partial charge in [0, 0.05) is 12.0 Å². The molecule has 0 radical (unpaired) electrons. The Hall–Kier alpha value is -1.64. The molecule has 0 spiro atoms. The van der Waals surface area contributed by atoms with Crippen molar-refractivity contribution in [3.8, 4) is 0 Å². The zero-order valence-electron chi connectivity index (χ0n) is 12.5. The lowest BCUT2D eigenvalue weighted by Crippen LogP contribution is -2.41. The van der Waals surface area contributed by atoms with Crippen molar-refractivity contribution in [1.82, 2.24) is 0 Å². The van der Waals surface area contributed by atoms with E-state index in [0.717, 1.165) is 12.8 Å². The van der Waals surface area contributed by atoms with Gasteiger partial charge in [0.2, 0.25) is 0 Å². The first-order valence-electron chi connectivity index (χ1n) is 7.80. The molecule has 4 atom stereocenters. The van der Waals surface area contributed by atoms with E-state index in [-0.39, 0.29) is 18.2 Å². The minimum atomic E-state index is 0.0881. The lowest BCUT2D eigenvalue weighted by atomic mass is 9.81. The van der Waals surface area contributed by atoms with Crippen LogP contribution in [0.4, 0.5) is 0 Å². The molecule has 0 saturated carbocycles. The minimum Gasteiger partial charge on any atom is -0.365 e. The molecule has 1 saturated heterocycles. The Morgan fingerprint density at radius 3 is 2.10 bits per heavy atom. The summed E-state index contributed by atoms with van der Waals surface area (Å²) in [7, 11) is 0. The maximum Gasteiger partial charge on any atom is 0.0876 e. The first kappa shape index (κ1) is 14.3. The molecule has 2 nitrogen and oxygen atoms in total. The highest BCUT2D eigenvalue weighted by Gasteiger charge is 2.37. The Bertz CT molecular complexity index is 554. The molecule has 1 aliphatic rings. The Kier molecular flexibility index (Phi) is 4.37. The third kappa shape index (κ3) is 3.02. The van der Waals surface area contributed by atoms with Crippen LogP contribution in [0.2, 0.25) is 0 Å². The molecule has 110 valence electrons. The minimum absolute atomic E-state index is 0.0881. The second kappa shape index (κ2) is 6.42. The molecule has 1 aliphatic heterocycles. The van der Waals surface area contributed by atoms with Gasteiger partial charge in [-0.25, -0.2) is 0 Å². The van der Waals surface area contributed by atoms with E-state index in [9.17, 15) is 0 Å². The smallest absolute Gasteiger partial charge is 0.0876 e. The average molecular weight is 281 g/mol. The van der Waals surface area contributed by atoms with Gasteiger partial charge >= 0.3 is 0 Å². The standard InChI is InChI=1S/C19H23NO/c1-2-16-17(20)13-18(14-9-5-3-6-10-14)21-19(16)15-11-7-4-8-12-15/h3-12,16-19H,2,13,20H2,1H3/t16-,17-,18+,19+/m1/s1. The molecule has 2 aromatic carbocycles. The van der Waals surface area contributed by atoms with Gasteiger partial charge < -0.3 is 10.5 Å². The van der Waals surface area contributed by atoms with E-state index in [0.29, 0.717) is 5.92 Å². The molecular weight excluding hydrogens is 258 g/mol. The molecular formula is C19H23NO. The fraction of sp³-hybridized carbons (Fsp3) is 0.368. The highest BCUT2D eigenvalue weighted by atomic mass is 16.5. The maximum absolute atomic E-state index is 6.46. The number of rotatable bonds is 3. The van der Waals surface area contributed by atoms with Crippen molar-refractivity contribution in [1.29, 1.82) is 0 Å². The van der Waals surface area contributed by atoms with Crippen molar-refractivity contribution in [2.75, 3.05) is 0 Å². The maximum atomic E-state index is 6.46. The quantitative estimate of drug-likeness (QED) is 0.913. The number of benzene rings is 2. The summed E-state index contributed by atoms with van der Waals surface area (Å²) in [6.07, 6.45) is 2.12. The van der Waals surface area contributed by atoms with Crippen LogP contribution in [-0.4, -0.2) is 6.04 Å². The van der Waals surface area contributed by atoms with E-state index in [2.05, 4.69) is 55.5 Å². The van der Waals surface area contributed by atoms with E-state index >= 15 is 0 Å². The zero-order chi connectivity index (χ0) is 14.7. The monoisotopic (exact) mass is 281 g/mol. The normalized spacial score (nSPS) is 29.2. The van der Waals surface area contributed by atoms with Gasteiger partial charge in [-0.15, -0.1) is 0 Å². The number of hydrogen-bond donors (Lipinski definition) is 1. The predicted molar refractivity (Wildman–Crippen MR) is 85.8 cm³/mol. The summed E-state index contributed by atoms with van der Waals surface area (Å²) >= 11 is 0. The van der Waals surface area contributed by atoms with E-state index in [1.807, 2.05) is 12.1 Å². The fourth-order valence-electron chi connectivity index (χ4n) is 3.35. The van der Waals surface area contributed by atoms with Crippen LogP contribution >= 0.6 is 0 Å². The Balaban J connectivity index is 1.89. The molecule has 1 fully saturated rings. The number of ether oxygens (including phenoxy) is 1. The third-order valence-corrected chi connectivity index (χ3v) is 4.51. The number of hydrogen-bond acceptors (Lipinski definition) is 2. The Labute approximate surface area is 126 Å². The van der Waals surface area contributed by atoms with Crippen LogP contribution in [0.25, 0.3) is 0 Å². The Morgan fingerprint density at radius 1 is 0.952 bits per heavy atom. The summed E-state index contributed by atoms with van der Waals surface area (Å²) in [6, 6.07) is 21.1. The summed E-state index contributed by atoms with van der Waals surface area (Å²) in [4.78, 5) is 0. The van der Waals surface area contributed by atoms with Crippen LogP contribution in [-0.2, 0) is 4.74 Å². The van der Waals surface area contributed by atoms with Gasteiger partial charge in [-0.1, -0.05) is 67.6 Å². The summed E-state index contributed by atoms with van der Waals surface area (Å²) < 4.78 is 6.45. The lowest BCUT2D eigenvalue weighted by Gasteiger charge is -2.41. The molecule has 0 bridgehead atoms. The van der Waals surface area contributed by atoms with E-state index < -0.39 is 0 Å². The van der Waals surface area contributed by atoms with E-state index in [1.165, 1.54) is 11.1 Å². The lowest BCUT2D eigenvalue weighted by molar-refractivity contribution is -0.0975. The van der Waals surface area contributed by atoms with Crippen LogP contribution in [0.15, 0.2) is 60.7 Å². The Morgan fingerprint density at radius 2 is 1.52 bits per heavy atom. The molecule has 2 N–H and O–H groups in total. The zero-order valence-corrected chi connectivity index (χ0v) is 12.5. The molecule has 0 aromatic heterocycles. The highest BCUT2D eigenvalue weighted by Crippen LogP contribution is 2.42. The van der Waals surface area contributed by atoms with Gasteiger partial charge in [0.15, 0.2) is 0 Å². The van der Waals surface area contributed by atoms with Crippen molar-refractivity contribution in [3.05, 3.63) is 71.8 Å². The van der Waals surface area contributed by atoms with Gasteiger partial charge in [-0.05, 0) is 24.0 Å².